The molecule has 0 fully saturated rings. The Balaban J connectivity index is 1.77. The number of carbonyl (C=O) groups excluding carboxylic acids is 1. The first-order valence-electron chi connectivity index (χ1n) is 11.5. The quantitative estimate of drug-likeness (QED) is 0.293. The van der Waals surface area contributed by atoms with E-state index < -0.39 is 0 Å². The van der Waals surface area contributed by atoms with E-state index in [9.17, 15) is 4.79 Å². The van der Waals surface area contributed by atoms with Gasteiger partial charge in [-0.05, 0) is 35.6 Å². The highest BCUT2D eigenvalue weighted by Gasteiger charge is 2.23. The maximum atomic E-state index is 13.0. The summed E-state index contributed by atoms with van der Waals surface area (Å²) in [4.78, 5) is 22.5. The second-order valence-electron chi connectivity index (χ2n) is 8.49. The minimum atomic E-state index is -0.256. The zero-order valence-electron chi connectivity index (χ0n) is 19.4. The monoisotopic (exact) mass is 442 g/mol. The maximum Gasteiger partial charge on any atom is 0.257 e. The van der Waals surface area contributed by atoms with Gasteiger partial charge in [-0.2, -0.15) is 9.78 Å². The van der Waals surface area contributed by atoms with Gasteiger partial charge in [0.2, 0.25) is 0 Å². The van der Waals surface area contributed by atoms with Crippen molar-refractivity contribution in [1.29, 1.82) is 0 Å². The summed E-state index contributed by atoms with van der Waals surface area (Å²) >= 11 is 0. The Morgan fingerprint density at radius 2 is 1.79 bits per heavy atom. The zero-order valence-corrected chi connectivity index (χ0v) is 19.4. The fourth-order valence-corrected chi connectivity index (χ4v) is 3.74. The molecule has 0 bridgehead atoms. The second-order valence-corrected chi connectivity index (χ2v) is 8.49. The molecule has 33 heavy (non-hydrogen) atoms. The average Bonchev–Trinajstić information content (AvgIpc) is 3.09. The van der Waals surface area contributed by atoms with E-state index in [1.807, 2.05) is 36.4 Å². The van der Waals surface area contributed by atoms with E-state index in [4.69, 9.17) is 15.7 Å². The molecule has 0 aliphatic carbocycles. The number of nitrogens with zero attached hydrogens (tertiary/aromatic N) is 4. The summed E-state index contributed by atoms with van der Waals surface area (Å²) < 4.78 is 1.51. The van der Waals surface area contributed by atoms with Crippen molar-refractivity contribution in [2.24, 2.45) is 5.10 Å². The van der Waals surface area contributed by atoms with Crippen LogP contribution in [0.25, 0.3) is 22.2 Å². The standard InChI is InChI=1S/C26H30N6O/c1-4-5-8-15-28-26(33)22-23-25(31-21-10-7-6-9-20(21)30-23)32(24(22)27)29-16-18-11-13-19(14-12-18)17(2)3/h6-7,9-14,16-17H,4-5,8,15,27H2,1-3H3,(H,28,33)/b29-16+. The summed E-state index contributed by atoms with van der Waals surface area (Å²) in [6.07, 6.45) is 4.78. The molecule has 4 aromatic rings. The SMILES string of the molecule is CCCCCNC(=O)c1c(N)n(/N=C/c2ccc(C(C)C)cc2)c2nc3ccccc3nc12. The number of carbonyl (C=O) groups is 1. The van der Waals surface area contributed by atoms with Crippen LogP contribution in [0.2, 0.25) is 0 Å². The van der Waals surface area contributed by atoms with Gasteiger partial charge in [0, 0.05) is 6.54 Å². The van der Waals surface area contributed by atoms with Gasteiger partial charge >= 0.3 is 0 Å². The van der Waals surface area contributed by atoms with Crippen LogP contribution in [0.5, 0.6) is 0 Å². The third-order valence-corrected chi connectivity index (χ3v) is 5.69. The first-order chi connectivity index (χ1) is 16.0. The highest BCUT2D eigenvalue weighted by atomic mass is 16.1. The number of unbranched alkanes of at least 4 members (excludes halogenated alkanes) is 2. The Morgan fingerprint density at radius 1 is 1.09 bits per heavy atom. The molecule has 4 rings (SSSR count). The number of para-hydroxylation sites is 2. The van der Waals surface area contributed by atoms with Gasteiger partial charge in [0.05, 0.1) is 17.2 Å². The van der Waals surface area contributed by atoms with Gasteiger partial charge < -0.3 is 11.1 Å². The molecule has 0 unspecified atom stereocenters. The molecule has 0 atom stereocenters. The molecule has 0 saturated heterocycles. The number of rotatable bonds is 8. The fraction of sp³-hybridized carbons (Fsp3) is 0.308. The van der Waals surface area contributed by atoms with Crippen LogP contribution in [-0.2, 0) is 0 Å². The lowest BCUT2D eigenvalue weighted by Gasteiger charge is -2.05. The van der Waals surface area contributed by atoms with Crippen LogP contribution in [0.4, 0.5) is 5.82 Å². The van der Waals surface area contributed by atoms with E-state index >= 15 is 0 Å². The van der Waals surface area contributed by atoms with Crippen molar-refractivity contribution in [3.63, 3.8) is 0 Å². The Labute approximate surface area is 193 Å². The number of amides is 1. The number of nitrogens with one attached hydrogen (secondary N) is 1. The highest BCUT2D eigenvalue weighted by molar-refractivity contribution is 6.10. The summed E-state index contributed by atoms with van der Waals surface area (Å²) in [6, 6.07) is 15.8. The molecule has 0 aliphatic heterocycles. The third kappa shape index (κ3) is 4.72. The highest BCUT2D eigenvalue weighted by Crippen LogP contribution is 2.28. The molecule has 2 aromatic carbocycles. The predicted molar refractivity (Wildman–Crippen MR) is 135 cm³/mol. The molecule has 170 valence electrons. The average molecular weight is 443 g/mol. The second kappa shape index (κ2) is 9.81. The van der Waals surface area contributed by atoms with Crippen LogP contribution in [-0.4, -0.2) is 33.3 Å². The van der Waals surface area contributed by atoms with Crippen molar-refractivity contribution in [3.05, 3.63) is 65.2 Å². The van der Waals surface area contributed by atoms with Crippen molar-refractivity contribution < 1.29 is 4.79 Å². The number of nitrogen functional groups attached to an aromatic ring is 1. The van der Waals surface area contributed by atoms with Gasteiger partial charge in [-0.25, -0.2) is 9.97 Å². The molecule has 2 heterocycles. The number of nitrogens with two attached hydrogens (primary N) is 1. The molecule has 0 spiro atoms. The molecule has 0 aliphatic rings. The molecule has 2 aromatic heterocycles. The van der Waals surface area contributed by atoms with Crippen molar-refractivity contribution >= 4 is 40.1 Å². The minimum Gasteiger partial charge on any atom is -0.383 e. The topological polar surface area (TPSA) is 98.2 Å². The van der Waals surface area contributed by atoms with Gasteiger partial charge in [0.25, 0.3) is 5.91 Å². The van der Waals surface area contributed by atoms with Gasteiger partial charge in [-0.1, -0.05) is 70.0 Å². The number of hydrogen-bond acceptors (Lipinski definition) is 5. The van der Waals surface area contributed by atoms with Gasteiger partial charge in [0.1, 0.15) is 16.9 Å². The van der Waals surface area contributed by atoms with E-state index in [-0.39, 0.29) is 11.7 Å². The van der Waals surface area contributed by atoms with Crippen molar-refractivity contribution in [3.8, 4) is 0 Å². The molecular weight excluding hydrogens is 412 g/mol. The fourth-order valence-electron chi connectivity index (χ4n) is 3.74. The Morgan fingerprint density at radius 3 is 2.45 bits per heavy atom. The molecule has 7 nitrogen and oxygen atoms in total. The van der Waals surface area contributed by atoms with E-state index in [2.05, 4.69) is 43.3 Å². The largest absolute Gasteiger partial charge is 0.383 e. The number of benzene rings is 2. The van der Waals surface area contributed by atoms with Crippen LogP contribution in [0.3, 0.4) is 0 Å². The summed E-state index contributed by atoms with van der Waals surface area (Å²) in [5, 5.41) is 7.55. The molecular formula is C26H30N6O. The van der Waals surface area contributed by atoms with Crippen LogP contribution in [0.1, 0.15) is 67.4 Å². The molecule has 3 N–H and O–H groups in total. The maximum absolute atomic E-state index is 13.0. The first kappa shape index (κ1) is 22.5. The van der Waals surface area contributed by atoms with Crippen LogP contribution < -0.4 is 11.1 Å². The Hall–Kier alpha value is -3.74. The van der Waals surface area contributed by atoms with Crippen LogP contribution in [0, 0.1) is 0 Å². The van der Waals surface area contributed by atoms with Gasteiger partial charge in [-0.3, -0.25) is 4.79 Å². The van der Waals surface area contributed by atoms with E-state index in [1.54, 1.807) is 6.21 Å². The smallest absolute Gasteiger partial charge is 0.257 e. The van der Waals surface area contributed by atoms with Gasteiger partial charge in [0.15, 0.2) is 5.65 Å². The van der Waals surface area contributed by atoms with E-state index in [0.717, 1.165) is 30.3 Å². The number of anilines is 1. The first-order valence-corrected chi connectivity index (χ1v) is 11.5. The van der Waals surface area contributed by atoms with Crippen molar-refractivity contribution in [1.82, 2.24) is 20.0 Å². The lowest BCUT2D eigenvalue weighted by Crippen LogP contribution is -2.25. The molecule has 0 radical (unpaired) electrons. The van der Waals surface area contributed by atoms with E-state index in [0.29, 0.717) is 34.7 Å². The zero-order chi connectivity index (χ0) is 23.4. The van der Waals surface area contributed by atoms with E-state index in [1.165, 1.54) is 10.2 Å². The predicted octanol–water partition coefficient (Wildman–Crippen LogP) is 5.09. The lowest BCUT2D eigenvalue weighted by molar-refractivity contribution is 0.0955. The number of hydrogen-bond donors (Lipinski definition) is 2. The molecule has 1 amide bonds. The van der Waals surface area contributed by atoms with Gasteiger partial charge in [-0.15, -0.1) is 0 Å². The summed E-state index contributed by atoms with van der Waals surface area (Å²) in [5.41, 5.74) is 11.3. The number of fused-ring (bicyclic) bond motifs is 2. The molecule has 7 heteroatoms. The van der Waals surface area contributed by atoms with Crippen LogP contribution in [0.15, 0.2) is 53.6 Å². The molecule has 0 saturated carbocycles. The normalized spacial score (nSPS) is 11.8. The summed E-state index contributed by atoms with van der Waals surface area (Å²) in [6.45, 7) is 7.04. The van der Waals surface area contributed by atoms with Crippen molar-refractivity contribution in [2.45, 2.75) is 46.0 Å². The van der Waals surface area contributed by atoms with Crippen LogP contribution >= 0.6 is 0 Å². The summed E-state index contributed by atoms with van der Waals surface area (Å²) in [7, 11) is 0. The lowest BCUT2D eigenvalue weighted by atomic mass is 10.0. The third-order valence-electron chi connectivity index (χ3n) is 5.69. The summed E-state index contributed by atoms with van der Waals surface area (Å²) in [5.74, 6) is 0.429. The Bertz CT molecular complexity index is 1300. The van der Waals surface area contributed by atoms with Crippen molar-refractivity contribution in [2.75, 3.05) is 12.3 Å². The number of aromatic nitrogens is 3. The Kier molecular flexibility index (Phi) is 6.68. The minimum absolute atomic E-state index is 0.225.